The Balaban J connectivity index is 1.77. The Morgan fingerprint density at radius 3 is 2.46 bits per heavy atom. The zero-order valence-corrected chi connectivity index (χ0v) is 20.6. The van der Waals surface area contributed by atoms with Crippen molar-refractivity contribution in [2.45, 2.75) is 13.0 Å². The number of hydrogen-bond acceptors (Lipinski definition) is 7. The molecule has 2 saturated heterocycles. The maximum atomic E-state index is 13.2. The maximum absolute atomic E-state index is 13.2. The molecule has 1 amide bonds. The molecule has 0 radical (unpaired) electrons. The molecule has 4 rings (SSSR count). The fourth-order valence-electron chi connectivity index (χ4n) is 4.42. The van der Waals surface area contributed by atoms with Gasteiger partial charge in [0, 0.05) is 36.8 Å². The van der Waals surface area contributed by atoms with E-state index in [0.717, 1.165) is 13.1 Å². The van der Waals surface area contributed by atoms with Crippen LogP contribution in [0.4, 0.5) is 0 Å². The third-order valence-corrected chi connectivity index (χ3v) is 6.47. The molecule has 1 N–H and O–H groups in total. The lowest BCUT2D eigenvalue weighted by Crippen LogP contribution is -2.42. The van der Waals surface area contributed by atoms with Crippen LogP contribution < -0.4 is 9.47 Å². The predicted molar refractivity (Wildman–Crippen MR) is 132 cm³/mol. The van der Waals surface area contributed by atoms with E-state index in [1.165, 1.54) is 12.0 Å². The third kappa shape index (κ3) is 5.29. The number of benzene rings is 2. The van der Waals surface area contributed by atoms with Crippen LogP contribution in [0.2, 0.25) is 5.02 Å². The van der Waals surface area contributed by atoms with Crippen LogP contribution in [0.1, 0.15) is 24.1 Å². The van der Waals surface area contributed by atoms with Crippen molar-refractivity contribution in [3.8, 4) is 11.5 Å². The summed E-state index contributed by atoms with van der Waals surface area (Å²) in [7, 11) is 1.53. The number of Topliss-reactive ketones (excluding diaryl/α,β-unsaturated/α-hetero) is 1. The highest BCUT2D eigenvalue weighted by Gasteiger charge is 2.46. The van der Waals surface area contributed by atoms with Crippen molar-refractivity contribution in [1.82, 2.24) is 9.80 Å². The normalized spacial score (nSPS) is 20.3. The van der Waals surface area contributed by atoms with Gasteiger partial charge in [-0.15, -0.1) is 0 Å². The minimum Gasteiger partial charge on any atom is -0.507 e. The monoisotopic (exact) mass is 500 g/mol. The van der Waals surface area contributed by atoms with Crippen molar-refractivity contribution in [3.05, 3.63) is 64.2 Å². The Morgan fingerprint density at radius 1 is 1.09 bits per heavy atom. The van der Waals surface area contributed by atoms with E-state index in [1.807, 2.05) is 6.92 Å². The topological polar surface area (TPSA) is 88.5 Å². The number of likely N-dealkylation sites (tertiary alicyclic amines) is 1. The van der Waals surface area contributed by atoms with Gasteiger partial charge >= 0.3 is 0 Å². The van der Waals surface area contributed by atoms with Gasteiger partial charge in [-0.1, -0.05) is 17.7 Å². The standard InChI is InChI=1S/C26H29ClN2O6/c1-3-35-20-9-6-18(16-21(20)33-2)23-22(24(30)17-4-7-19(27)8-5-17)25(31)26(32)29(23)11-10-28-12-14-34-15-13-28/h4-9,16,23,30H,3,10-15H2,1-2H3/b24-22+/t23-/m0/s1. The first-order chi connectivity index (χ1) is 16.9. The van der Waals surface area contributed by atoms with E-state index in [2.05, 4.69) is 4.90 Å². The number of rotatable bonds is 8. The van der Waals surface area contributed by atoms with Gasteiger partial charge in [-0.05, 0) is 48.9 Å². The van der Waals surface area contributed by atoms with Gasteiger partial charge in [0.15, 0.2) is 11.5 Å². The number of methoxy groups -OCH3 is 1. The van der Waals surface area contributed by atoms with Gasteiger partial charge in [0.1, 0.15) is 5.76 Å². The molecule has 2 fully saturated rings. The summed E-state index contributed by atoms with van der Waals surface area (Å²) in [6, 6.07) is 11.0. The highest BCUT2D eigenvalue weighted by atomic mass is 35.5. The van der Waals surface area contributed by atoms with Crippen molar-refractivity contribution in [2.24, 2.45) is 0 Å². The van der Waals surface area contributed by atoms with Gasteiger partial charge < -0.3 is 24.2 Å². The number of carbonyl (C=O) groups is 2. The molecule has 0 bridgehead atoms. The molecule has 186 valence electrons. The number of hydrogen-bond donors (Lipinski definition) is 1. The molecular formula is C26H29ClN2O6. The highest BCUT2D eigenvalue weighted by molar-refractivity contribution is 6.46. The van der Waals surface area contributed by atoms with Crippen LogP contribution in [0.5, 0.6) is 11.5 Å². The summed E-state index contributed by atoms with van der Waals surface area (Å²) in [4.78, 5) is 30.1. The molecule has 2 aliphatic rings. The minimum absolute atomic E-state index is 0.0329. The van der Waals surface area contributed by atoms with E-state index in [1.54, 1.807) is 42.5 Å². The second-order valence-electron chi connectivity index (χ2n) is 8.30. The van der Waals surface area contributed by atoms with Crippen LogP contribution >= 0.6 is 11.6 Å². The molecule has 9 heteroatoms. The molecule has 2 aromatic carbocycles. The molecule has 8 nitrogen and oxygen atoms in total. The number of ketones is 1. The fraction of sp³-hybridized carbons (Fsp3) is 0.385. The molecule has 0 aromatic heterocycles. The summed E-state index contributed by atoms with van der Waals surface area (Å²) in [6.45, 7) is 6.03. The van der Waals surface area contributed by atoms with Gasteiger partial charge in [0.05, 0.1) is 38.5 Å². The van der Waals surface area contributed by atoms with Crippen LogP contribution in [-0.2, 0) is 14.3 Å². The molecule has 2 aliphatic heterocycles. The first-order valence-corrected chi connectivity index (χ1v) is 12.0. The lowest BCUT2D eigenvalue weighted by Gasteiger charge is -2.31. The summed E-state index contributed by atoms with van der Waals surface area (Å²) < 4.78 is 16.5. The number of ether oxygens (including phenoxy) is 3. The van der Waals surface area contributed by atoms with E-state index in [4.69, 9.17) is 25.8 Å². The van der Waals surface area contributed by atoms with Crippen LogP contribution in [0.3, 0.4) is 0 Å². The Kier molecular flexibility index (Phi) is 7.95. The average Bonchev–Trinajstić information content (AvgIpc) is 3.13. The van der Waals surface area contributed by atoms with Crippen LogP contribution in [0.25, 0.3) is 5.76 Å². The Hall–Kier alpha value is -3.07. The maximum Gasteiger partial charge on any atom is 0.295 e. The number of halogens is 1. The lowest BCUT2D eigenvalue weighted by molar-refractivity contribution is -0.140. The quantitative estimate of drug-likeness (QED) is 0.337. The molecule has 0 saturated carbocycles. The van der Waals surface area contributed by atoms with Gasteiger partial charge in [-0.25, -0.2) is 0 Å². The summed E-state index contributed by atoms with van der Waals surface area (Å²) >= 11 is 6.00. The van der Waals surface area contributed by atoms with E-state index in [9.17, 15) is 14.7 Å². The highest BCUT2D eigenvalue weighted by Crippen LogP contribution is 2.42. The van der Waals surface area contributed by atoms with Crippen molar-refractivity contribution in [3.63, 3.8) is 0 Å². The summed E-state index contributed by atoms with van der Waals surface area (Å²) in [6.07, 6.45) is 0. The van der Waals surface area contributed by atoms with Crippen LogP contribution in [0, 0.1) is 0 Å². The van der Waals surface area contributed by atoms with Crippen LogP contribution in [-0.4, -0.2) is 79.7 Å². The van der Waals surface area contributed by atoms with E-state index >= 15 is 0 Å². The van der Waals surface area contributed by atoms with E-state index in [0.29, 0.717) is 60.6 Å². The van der Waals surface area contributed by atoms with Crippen molar-refractivity contribution in [2.75, 3.05) is 53.1 Å². The second kappa shape index (κ2) is 11.1. The zero-order chi connectivity index (χ0) is 24.9. The molecule has 35 heavy (non-hydrogen) atoms. The number of morpholine rings is 1. The summed E-state index contributed by atoms with van der Waals surface area (Å²) in [5.74, 6) is -0.577. The molecule has 1 atom stereocenters. The third-order valence-electron chi connectivity index (χ3n) is 6.22. The second-order valence-corrected chi connectivity index (χ2v) is 8.73. The fourth-order valence-corrected chi connectivity index (χ4v) is 4.55. The van der Waals surface area contributed by atoms with E-state index in [-0.39, 0.29) is 11.3 Å². The Morgan fingerprint density at radius 2 is 1.80 bits per heavy atom. The number of nitrogens with zero attached hydrogens (tertiary/aromatic N) is 2. The van der Waals surface area contributed by atoms with Gasteiger partial charge in [-0.2, -0.15) is 0 Å². The lowest BCUT2D eigenvalue weighted by atomic mass is 9.95. The molecule has 0 spiro atoms. The summed E-state index contributed by atoms with van der Waals surface area (Å²) in [5, 5.41) is 11.7. The van der Waals surface area contributed by atoms with E-state index < -0.39 is 17.7 Å². The first-order valence-electron chi connectivity index (χ1n) is 11.6. The van der Waals surface area contributed by atoms with Gasteiger partial charge in [0.2, 0.25) is 0 Å². The smallest absolute Gasteiger partial charge is 0.295 e. The SMILES string of the molecule is CCOc1ccc([C@H]2/C(=C(\O)c3ccc(Cl)cc3)C(=O)C(=O)N2CCN2CCOCC2)cc1OC. The van der Waals surface area contributed by atoms with Crippen molar-refractivity contribution >= 4 is 29.1 Å². The first kappa shape index (κ1) is 25.0. The molecule has 0 aliphatic carbocycles. The predicted octanol–water partition coefficient (Wildman–Crippen LogP) is 3.50. The van der Waals surface area contributed by atoms with Crippen LogP contribution in [0.15, 0.2) is 48.0 Å². The van der Waals surface area contributed by atoms with Gasteiger partial charge in [-0.3, -0.25) is 14.5 Å². The van der Waals surface area contributed by atoms with Crippen molar-refractivity contribution < 1.29 is 28.9 Å². The van der Waals surface area contributed by atoms with Gasteiger partial charge in [0.25, 0.3) is 11.7 Å². The molecule has 0 unspecified atom stereocenters. The summed E-state index contributed by atoms with van der Waals surface area (Å²) in [5.41, 5.74) is 1.08. The number of amides is 1. The molecule has 2 aromatic rings. The zero-order valence-electron chi connectivity index (χ0n) is 19.8. The molecular weight excluding hydrogens is 472 g/mol. The number of aliphatic hydroxyl groups is 1. The Labute approximate surface area is 209 Å². The largest absolute Gasteiger partial charge is 0.507 e. The Bertz CT molecular complexity index is 1110. The number of carbonyl (C=O) groups excluding carboxylic acids is 2. The number of aliphatic hydroxyl groups excluding tert-OH is 1. The average molecular weight is 501 g/mol. The minimum atomic E-state index is -0.781. The molecule has 2 heterocycles. The van der Waals surface area contributed by atoms with Crippen molar-refractivity contribution in [1.29, 1.82) is 0 Å².